The maximum atomic E-state index is 6.11. The lowest BCUT2D eigenvalue weighted by Crippen LogP contribution is -2.16. The fraction of sp³-hybridized carbons (Fsp3) is 0.308. The SMILES string of the molecule is Clc1ccnc2nc(-c3cnn(C4CCC4)c3)[nH]c12. The molecule has 0 aromatic carbocycles. The van der Waals surface area contributed by atoms with Gasteiger partial charge in [0, 0.05) is 12.4 Å². The predicted molar refractivity (Wildman–Crippen MR) is 73.0 cm³/mol. The summed E-state index contributed by atoms with van der Waals surface area (Å²) < 4.78 is 2.03. The molecule has 3 heterocycles. The number of pyridine rings is 1. The third-order valence-corrected chi connectivity index (χ3v) is 3.98. The monoisotopic (exact) mass is 273 g/mol. The van der Waals surface area contributed by atoms with Crippen LogP contribution in [0.3, 0.4) is 0 Å². The van der Waals surface area contributed by atoms with Crippen LogP contribution in [0.2, 0.25) is 5.02 Å². The van der Waals surface area contributed by atoms with Crippen molar-refractivity contribution in [2.24, 2.45) is 0 Å². The highest BCUT2D eigenvalue weighted by Crippen LogP contribution is 2.32. The summed E-state index contributed by atoms with van der Waals surface area (Å²) in [4.78, 5) is 11.9. The number of imidazole rings is 1. The van der Waals surface area contributed by atoms with Crippen LogP contribution in [0, 0.1) is 0 Å². The van der Waals surface area contributed by atoms with E-state index in [0.717, 1.165) is 16.9 Å². The quantitative estimate of drug-likeness (QED) is 0.780. The van der Waals surface area contributed by atoms with Gasteiger partial charge in [-0.1, -0.05) is 11.6 Å². The fourth-order valence-electron chi connectivity index (χ4n) is 2.33. The topological polar surface area (TPSA) is 59.4 Å². The zero-order valence-electron chi connectivity index (χ0n) is 10.2. The van der Waals surface area contributed by atoms with Gasteiger partial charge in [-0.05, 0) is 25.3 Å². The Morgan fingerprint density at radius 1 is 1.37 bits per heavy atom. The van der Waals surface area contributed by atoms with Gasteiger partial charge in [0.1, 0.15) is 11.3 Å². The van der Waals surface area contributed by atoms with E-state index in [0.29, 0.717) is 16.7 Å². The Morgan fingerprint density at radius 3 is 3.00 bits per heavy atom. The third kappa shape index (κ3) is 1.73. The summed E-state index contributed by atoms with van der Waals surface area (Å²) in [5.41, 5.74) is 2.38. The van der Waals surface area contributed by atoms with Crippen molar-refractivity contribution < 1.29 is 0 Å². The molecule has 0 radical (unpaired) electrons. The van der Waals surface area contributed by atoms with E-state index in [2.05, 4.69) is 20.1 Å². The summed E-state index contributed by atoms with van der Waals surface area (Å²) in [7, 11) is 0. The van der Waals surface area contributed by atoms with Crippen molar-refractivity contribution in [3.05, 3.63) is 29.7 Å². The van der Waals surface area contributed by atoms with Crippen LogP contribution >= 0.6 is 11.6 Å². The lowest BCUT2D eigenvalue weighted by molar-refractivity contribution is 0.289. The van der Waals surface area contributed by atoms with Crippen molar-refractivity contribution in [1.82, 2.24) is 24.7 Å². The molecule has 3 aromatic rings. The van der Waals surface area contributed by atoms with Crippen LogP contribution in [0.25, 0.3) is 22.6 Å². The molecule has 5 nitrogen and oxygen atoms in total. The summed E-state index contributed by atoms with van der Waals surface area (Å²) in [6.45, 7) is 0. The van der Waals surface area contributed by atoms with Gasteiger partial charge in [0.15, 0.2) is 5.65 Å². The number of nitrogens with one attached hydrogen (secondary N) is 1. The van der Waals surface area contributed by atoms with Gasteiger partial charge in [0.25, 0.3) is 0 Å². The van der Waals surface area contributed by atoms with Gasteiger partial charge in [-0.2, -0.15) is 5.10 Å². The Morgan fingerprint density at radius 2 is 2.26 bits per heavy atom. The first kappa shape index (κ1) is 11.0. The molecule has 19 heavy (non-hydrogen) atoms. The van der Waals surface area contributed by atoms with Gasteiger partial charge in [-0.15, -0.1) is 0 Å². The second kappa shape index (κ2) is 4.06. The number of nitrogens with zero attached hydrogens (tertiary/aromatic N) is 4. The van der Waals surface area contributed by atoms with Crippen LogP contribution in [0.15, 0.2) is 24.7 Å². The molecule has 0 bridgehead atoms. The largest absolute Gasteiger partial charge is 0.335 e. The third-order valence-electron chi connectivity index (χ3n) is 3.66. The number of halogens is 1. The van der Waals surface area contributed by atoms with Gasteiger partial charge in [-0.3, -0.25) is 4.68 Å². The standard InChI is InChI=1S/C13H12ClN5/c14-10-4-5-15-13-11(10)17-12(18-13)8-6-16-19(7-8)9-2-1-3-9/h4-7,9H,1-3H2,(H,15,17,18). The van der Waals surface area contributed by atoms with Crippen LogP contribution in [0.1, 0.15) is 25.3 Å². The lowest BCUT2D eigenvalue weighted by Gasteiger charge is -2.25. The molecular weight excluding hydrogens is 262 g/mol. The van der Waals surface area contributed by atoms with Gasteiger partial charge in [-0.25, -0.2) is 9.97 Å². The molecule has 1 aliphatic rings. The molecule has 1 saturated carbocycles. The Hall–Kier alpha value is -1.88. The smallest absolute Gasteiger partial charge is 0.179 e. The molecule has 1 aliphatic carbocycles. The average Bonchev–Trinajstić information content (AvgIpc) is 2.93. The molecule has 6 heteroatoms. The number of rotatable bonds is 2. The van der Waals surface area contributed by atoms with Crippen molar-refractivity contribution in [1.29, 1.82) is 0 Å². The molecule has 0 amide bonds. The van der Waals surface area contributed by atoms with Crippen LogP contribution in [0.5, 0.6) is 0 Å². The van der Waals surface area contributed by atoms with Crippen LogP contribution < -0.4 is 0 Å². The van der Waals surface area contributed by atoms with Crippen molar-refractivity contribution in [2.75, 3.05) is 0 Å². The predicted octanol–water partition coefficient (Wildman–Crippen LogP) is 3.20. The van der Waals surface area contributed by atoms with E-state index in [9.17, 15) is 0 Å². The van der Waals surface area contributed by atoms with Crippen LogP contribution in [-0.2, 0) is 0 Å². The van der Waals surface area contributed by atoms with Crippen LogP contribution in [-0.4, -0.2) is 24.7 Å². The average molecular weight is 274 g/mol. The van der Waals surface area contributed by atoms with E-state index in [1.165, 1.54) is 19.3 Å². The number of aromatic nitrogens is 5. The Balaban J connectivity index is 1.77. The summed E-state index contributed by atoms with van der Waals surface area (Å²) in [5.74, 6) is 0.765. The number of hydrogen-bond donors (Lipinski definition) is 1. The second-order valence-electron chi connectivity index (χ2n) is 4.87. The van der Waals surface area contributed by atoms with Gasteiger partial charge in [0.2, 0.25) is 0 Å². The summed E-state index contributed by atoms with van der Waals surface area (Å²) >= 11 is 6.11. The maximum Gasteiger partial charge on any atom is 0.179 e. The van der Waals surface area contributed by atoms with E-state index in [-0.39, 0.29) is 0 Å². The summed E-state index contributed by atoms with van der Waals surface area (Å²) in [6, 6.07) is 2.31. The Kier molecular flexibility index (Phi) is 2.35. The first-order valence-corrected chi connectivity index (χ1v) is 6.74. The molecule has 0 saturated heterocycles. The summed E-state index contributed by atoms with van der Waals surface area (Å²) in [6.07, 6.45) is 9.26. The Bertz CT molecular complexity index is 740. The van der Waals surface area contributed by atoms with Crippen molar-refractivity contribution in [3.8, 4) is 11.4 Å². The molecule has 1 fully saturated rings. The highest BCUT2D eigenvalue weighted by atomic mass is 35.5. The number of aromatic amines is 1. The first-order chi connectivity index (χ1) is 9.31. The molecule has 0 unspecified atom stereocenters. The van der Waals surface area contributed by atoms with Crippen LogP contribution in [0.4, 0.5) is 0 Å². The van der Waals surface area contributed by atoms with Crippen molar-refractivity contribution in [2.45, 2.75) is 25.3 Å². The number of H-pyrrole nitrogens is 1. The fourth-order valence-corrected chi connectivity index (χ4v) is 2.52. The van der Waals surface area contributed by atoms with E-state index in [1.807, 2.05) is 17.1 Å². The molecule has 1 N–H and O–H groups in total. The van der Waals surface area contributed by atoms with Crippen molar-refractivity contribution >= 4 is 22.8 Å². The first-order valence-electron chi connectivity index (χ1n) is 6.36. The molecule has 0 aliphatic heterocycles. The minimum absolute atomic E-state index is 0.555. The molecule has 96 valence electrons. The number of fused-ring (bicyclic) bond motifs is 1. The van der Waals surface area contributed by atoms with E-state index < -0.39 is 0 Å². The highest BCUT2D eigenvalue weighted by molar-refractivity contribution is 6.34. The van der Waals surface area contributed by atoms with Gasteiger partial charge < -0.3 is 4.98 Å². The zero-order valence-corrected chi connectivity index (χ0v) is 10.9. The molecular formula is C13H12ClN5. The minimum Gasteiger partial charge on any atom is -0.335 e. The Labute approximate surface area is 114 Å². The maximum absolute atomic E-state index is 6.11. The lowest BCUT2D eigenvalue weighted by atomic mass is 9.93. The molecule has 0 atom stereocenters. The van der Waals surface area contributed by atoms with Gasteiger partial charge in [0.05, 0.1) is 22.8 Å². The van der Waals surface area contributed by atoms with E-state index in [4.69, 9.17) is 11.6 Å². The highest BCUT2D eigenvalue weighted by Gasteiger charge is 2.20. The molecule has 4 rings (SSSR count). The molecule has 3 aromatic heterocycles. The van der Waals surface area contributed by atoms with Gasteiger partial charge >= 0.3 is 0 Å². The molecule has 0 spiro atoms. The number of hydrogen-bond acceptors (Lipinski definition) is 3. The normalized spacial score (nSPS) is 15.8. The zero-order chi connectivity index (χ0) is 12.8. The van der Waals surface area contributed by atoms with E-state index >= 15 is 0 Å². The minimum atomic E-state index is 0.555. The van der Waals surface area contributed by atoms with Crippen molar-refractivity contribution in [3.63, 3.8) is 0 Å². The second-order valence-corrected chi connectivity index (χ2v) is 5.28. The summed E-state index contributed by atoms with van der Waals surface area (Å²) in [5, 5.41) is 5.04. The van der Waals surface area contributed by atoms with E-state index in [1.54, 1.807) is 12.3 Å².